The van der Waals surface area contributed by atoms with Crippen molar-refractivity contribution >= 4 is 11.9 Å². The Labute approximate surface area is 350 Å². The fourth-order valence-electron chi connectivity index (χ4n) is 11.3. The second kappa shape index (κ2) is 17.3. The topological polar surface area (TPSA) is 202 Å². The third kappa shape index (κ3) is 8.32. The third-order valence-electron chi connectivity index (χ3n) is 13.9. The predicted molar refractivity (Wildman–Crippen MR) is 179 cm³/mol. The van der Waals surface area contributed by atoms with E-state index in [0.29, 0.717) is 47.0 Å². The Hall–Kier alpha value is -1.18. The molecule has 12 heteroatoms. The molecule has 52 heavy (non-hydrogen) atoms. The molecule has 4 fully saturated rings. The molecule has 274 valence electrons. The summed E-state index contributed by atoms with van der Waals surface area (Å²) < 4.78 is 0. The third-order valence-corrected chi connectivity index (χ3v) is 13.9. The number of rotatable bonds is 3. The maximum absolute atomic E-state index is 10.4. The number of hydrogen-bond donors (Lipinski definition) is 6. The number of carbonyl (C=O) groups is 2. The van der Waals surface area contributed by atoms with Gasteiger partial charge < -0.3 is 50.4 Å². The van der Waals surface area contributed by atoms with Crippen LogP contribution in [-0.4, -0.2) is 67.0 Å². The molecule has 0 bridgehead atoms. The molecule has 0 aliphatic heterocycles. The molecule has 0 radical (unpaired) electrons. The zero-order valence-corrected chi connectivity index (χ0v) is 35.0. The molecule has 4 unspecified atom stereocenters. The minimum absolute atomic E-state index is 0. The minimum Gasteiger partial charge on any atom is -0.550 e. The van der Waals surface area contributed by atoms with Crippen LogP contribution in [0.5, 0.6) is 11.5 Å². The van der Waals surface area contributed by atoms with Crippen molar-refractivity contribution in [3.05, 3.63) is 58.7 Å². The quantitative estimate of drug-likeness (QED) is 0.171. The number of aryl methyl sites for hydroxylation is 2. The molecule has 6 aliphatic carbocycles. The Balaban J connectivity index is 0.000000188. The number of aliphatic carboxylic acids is 2. The van der Waals surface area contributed by atoms with E-state index in [-0.39, 0.29) is 69.9 Å². The molecule has 0 heterocycles. The predicted octanol–water partition coefficient (Wildman–Crippen LogP) is -3.57. The Bertz CT molecular complexity index is 1470. The summed E-state index contributed by atoms with van der Waals surface area (Å²) in [6.07, 6.45) is 6.67. The van der Waals surface area contributed by atoms with Gasteiger partial charge in [0, 0.05) is 11.9 Å². The van der Waals surface area contributed by atoms with E-state index in [1.807, 2.05) is 12.1 Å². The van der Waals surface area contributed by atoms with E-state index >= 15 is 0 Å². The van der Waals surface area contributed by atoms with Gasteiger partial charge in [0.05, 0.1) is 24.4 Å². The summed E-state index contributed by atoms with van der Waals surface area (Å²) in [4.78, 5) is 19.0. The maximum atomic E-state index is 10.4. The van der Waals surface area contributed by atoms with Crippen LogP contribution in [-0.2, 0) is 22.4 Å². The van der Waals surface area contributed by atoms with Crippen LogP contribution in [0.25, 0.3) is 0 Å². The molecule has 12 atom stereocenters. The van der Waals surface area contributed by atoms with Crippen LogP contribution < -0.4 is 69.3 Å². The normalized spacial score (nSPS) is 37.5. The first kappa shape index (κ1) is 43.5. The Morgan fingerprint density at radius 3 is 1.37 bits per heavy atom. The largest absolute Gasteiger partial charge is 1.00 e. The van der Waals surface area contributed by atoms with Gasteiger partial charge in [-0.2, -0.15) is 0 Å². The molecule has 2 aromatic rings. The van der Waals surface area contributed by atoms with Crippen molar-refractivity contribution in [1.29, 1.82) is 0 Å². The second-order valence-corrected chi connectivity index (χ2v) is 16.4. The van der Waals surface area contributed by atoms with Gasteiger partial charge in [-0.15, -0.1) is 0 Å². The average Bonchev–Trinajstić information content (AvgIpc) is 3.46. The zero-order valence-electron chi connectivity index (χ0n) is 31.0. The molecule has 8 rings (SSSR count). The van der Waals surface area contributed by atoms with Gasteiger partial charge in [-0.1, -0.05) is 26.0 Å². The average molecular weight is 739 g/mol. The van der Waals surface area contributed by atoms with Gasteiger partial charge in [-0.25, -0.2) is 0 Å². The van der Waals surface area contributed by atoms with Crippen LogP contribution in [0.15, 0.2) is 36.4 Å². The maximum Gasteiger partial charge on any atom is 1.00 e. The number of carboxylic acids is 2. The Morgan fingerprint density at radius 2 is 1.02 bits per heavy atom. The van der Waals surface area contributed by atoms with Gasteiger partial charge in [0.25, 0.3) is 0 Å². The van der Waals surface area contributed by atoms with Gasteiger partial charge in [-0.3, -0.25) is 0 Å². The number of aliphatic hydroxyl groups is 4. The second-order valence-electron chi connectivity index (χ2n) is 16.4. The minimum atomic E-state index is -1.37. The molecular weight excluding hydrogens is 686 g/mol. The monoisotopic (exact) mass is 738 g/mol. The van der Waals surface area contributed by atoms with Crippen molar-refractivity contribution < 1.29 is 110 Å². The SMILES string of the molecule is C[C@]12CCC3c4ccc(O)cc4CCC3C1C[C@@H](O)[C@@H]2O.C[C@]12CC[C@H]3c4ccc(O)cc4CC[C@@H]3C1C[C@@H](O)[C@@H]2O.O=C([O-])CCC(=O)[O-].[Na+].[Na+]. The van der Waals surface area contributed by atoms with Crippen molar-refractivity contribution in [3.63, 3.8) is 0 Å². The van der Waals surface area contributed by atoms with Crippen LogP contribution in [0.2, 0.25) is 0 Å². The molecule has 0 aromatic heterocycles. The molecule has 0 amide bonds. The van der Waals surface area contributed by atoms with E-state index in [0.717, 1.165) is 64.2 Å². The van der Waals surface area contributed by atoms with Gasteiger partial charge in [-0.05, 0) is 170 Å². The van der Waals surface area contributed by atoms with E-state index in [1.54, 1.807) is 12.1 Å². The van der Waals surface area contributed by atoms with Gasteiger partial charge in [0.2, 0.25) is 0 Å². The van der Waals surface area contributed by atoms with E-state index in [1.165, 1.54) is 22.3 Å². The van der Waals surface area contributed by atoms with Crippen molar-refractivity contribution in [1.82, 2.24) is 0 Å². The number of benzene rings is 2. The first-order valence-electron chi connectivity index (χ1n) is 18.4. The summed E-state index contributed by atoms with van der Waals surface area (Å²) >= 11 is 0. The number of carbonyl (C=O) groups excluding carboxylic acids is 2. The summed E-state index contributed by atoms with van der Waals surface area (Å²) in [5, 5.41) is 79.4. The number of hydrogen-bond acceptors (Lipinski definition) is 10. The molecule has 6 N–H and O–H groups in total. The van der Waals surface area contributed by atoms with Gasteiger partial charge >= 0.3 is 59.1 Å². The zero-order chi connectivity index (χ0) is 36.1. The van der Waals surface area contributed by atoms with Crippen molar-refractivity contribution in [2.45, 2.75) is 127 Å². The first-order valence-corrected chi connectivity index (χ1v) is 18.4. The molecule has 6 aliphatic rings. The van der Waals surface area contributed by atoms with E-state index in [9.17, 15) is 50.4 Å². The van der Waals surface area contributed by atoms with Crippen molar-refractivity contribution in [3.8, 4) is 11.5 Å². The molecule has 4 saturated carbocycles. The van der Waals surface area contributed by atoms with Crippen LogP contribution in [0.1, 0.15) is 112 Å². The number of aromatic hydroxyl groups is 2. The molecule has 2 aromatic carbocycles. The molecule has 10 nitrogen and oxygen atoms in total. The molecule has 0 saturated heterocycles. The standard InChI is InChI=1S/2C18H24O3.C4H6O4.2Na/c2*1-18-7-6-13-12-5-3-11(19)8-10(12)2-4-14(13)15(18)9-16(20)17(18)21;5-3(6)1-2-4(7)8;;/h2*3,5,8,13-17,19-21H,2,4,6-7,9H2,1H3;1-2H2,(H,5,6)(H,7,8);;/q;;;2*+1/p-2/t13?,14?,15?,16-,17+,18+;13-,14-,15?,16+,17-,18-;;;/m10.../s1. The van der Waals surface area contributed by atoms with Crippen LogP contribution in [0, 0.1) is 34.5 Å². The number of carboxylic acid groups (broad SMARTS) is 2. The molecule has 0 spiro atoms. The van der Waals surface area contributed by atoms with Crippen molar-refractivity contribution in [2.75, 3.05) is 0 Å². The fraction of sp³-hybridized carbons (Fsp3) is 0.650. The number of phenolic OH excluding ortho intramolecular Hbond substituents is 2. The summed E-state index contributed by atoms with van der Waals surface area (Å²) in [6, 6.07) is 11.6. The Morgan fingerprint density at radius 1 is 0.654 bits per heavy atom. The van der Waals surface area contributed by atoms with Crippen LogP contribution in [0.3, 0.4) is 0 Å². The number of phenols is 2. The summed E-state index contributed by atoms with van der Waals surface area (Å²) in [5.41, 5.74) is 5.13. The van der Waals surface area contributed by atoms with Crippen LogP contribution >= 0.6 is 0 Å². The van der Waals surface area contributed by atoms with Gasteiger partial charge in [0.1, 0.15) is 11.5 Å². The number of fused-ring (bicyclic) bond motifs is 10. The van der Waals surface area contributed by atoms with E-state index in [4.69, 9.17) is 0 Å². The van der Waals surface area contributed by atoms with Gasteiger partial charge in [0.15, 0.2) is 0 Å². The first-order chi connectivity index (χ1) is 23.6. The number of aliphatic hydroxyl groups excluding tert-OH is 4. The van der Waals surface area contributed by atoms with Crippen molar-refractivity contribution in [2.24, 2.45) is 34.5 Å². The summed E-state index contributed by atoms with van der Waals surface area (Å²) in [7, 11) is 0. The Kier molecular flexibility index (Phi) is 14.5. The molecular formula is C40H52Na2O10. The fourth-order valence-corrected chi connectivity index (χ4v) is 11.3. The van der Waals surface area contributed by atoms with Crippen LogP contribution in [0.4, 0.5) is 0 Å². The van der Waals surface area contributed by atoms with E-state index in [2.05, 4.69) is 26.0 Å². The summed E-state index contributed by atoms with van der Waals surface area (Å²) in [6.45, 7) is 4.34. The van der Waals surface area contributed by atoms with E-state index < -0.39 is 49.2 Å². The summed E-state index contributed by atoms with van der Waals surface area (Å²) in [5.74, 6) is 1.02. The smallest absolute Gasteiger partial charge is 0.550 e.